The van der Waals surface area contributed by atoms with Crippen LogP contribution in [0.15, 0.2) is 59.4 Å². The molecule has 3 heterocycles. The van der Waals surface area contributed by atoms with Crippen molar-refractivity contribution < 1.29 is 14.3 Å². The molecular weight excluding hydrogens is 516 g/mol. The Labute approximate surface area is 241 Å². The van der Waals surface area contributed by atoms with Crippen molar-refractivity contribution >= 4 is 22.9 Å². The number of carbonyl (C=O) groups is 2. The van der Waals surface area contributed by atoms with Crippen LogP contribution in [0.2, 0.25) is 0 Å². The second kappa shape index (κ2) is 12.1. The Morgan fingerprint density at radius 1 is 0.829 bits per heavy atom. The molecule has 1 N–H and O–H groups in total. The van der Waals surface area contributed by atoms with Crippen LogP contribution in [0, 0.1) is 0 Å². The number of amides is 1. The second-order valence-electron chi connectivity index (χ2n) is 11.9. The van der Waals surface area contributed by atoms with Crippen LogP contribution in [0.1, 0.15) is 98.8 Å². The minimum Gasteiger partial charge on any atom is -0.467 e. The number of nitrogens with zero attached hydrogens (tertiary/aromatic N) is 3. The van der Waals surface area contributed by atoms with Gasteiger partial charge in [-0.1, -0.05) is 74.6 Å². The van der Waals surface area contributed by atoms with Gasteiger partial charge in [-0.2, -0.15) is 0 Å². The fourth-order valence-electron chi connectivity index (χ4n) is 7.63. The van der Waals surface area contributed by atoms with Gasteiger partial charge in [0.25, 0.3) is 11.5 Å². The third-order valence-electron chi connectivity index (χ3n) is 9.48. The number of methoxy groups -OCH3 is 1. The number of rotatable bonds is 6. The van der Waals surface area contributed by atoms with Crippen LogP contribution in [0.4, 0.5) is 0 Å². The van der Waals surface area contributed by atoms with Gasteiger partial charge in [0.15, 0.2) is 11.7 Å². The lowest BCUT2D eigenvalue weighted by molar-refractivity contribution is -0.143. The molecule has 8 heteroatoms. The second-order valence-corrected chi connectivity index (χ2v) is 11.9. The summed E-state index contributed by atoms with van der Waals surface area (Å²) in [6, 6.07) is 17.0. The maximum atomic E-state index is 14.1. The molecule has 0 radical (unpaired) electrons. The van der Waals surface area contributed by atoms with Gasteiger partial charge < -0.3 is 14.6 Å². The van der Waals surface area contributed by atoms with E-state index in [1.54, 1.807) is 24.3 Å². The van der Waals surface area contributed by atoms with E-state index in [0.29, 0.717) is 29.2 Å². The average Bonchev–Trinajstić information content (AvgIpc) is 3.23. The van der Waals surface area contributed by atoms with Crippen molar-refractivity contribution in [2.75, 3.05) is 7.11 Å². The molecule has 1 aromatic heterocycles. The molecule has 2 saturated heterocycles. The number of nitrogens with one attached hydrogen (secondary N) is 1. The van der Waals surface area contributed by atoms with Crippen molar-refractivity contribution in [2.45, 2.75) is 101 Å². The zero-order valence-corrected chi connectivity index (χ0v) is 23.8. The first-order valence-corrected chi connectivity index (χ1v) is 15.3. The Kier molecular flexibility index (Phi) is 8.19. The molecular formula is C33H40N4O4. The number of hydrogen-bond acceptors (Lipinski definition) is 6. The molecule has 4 atom stereocenters. The number of fused-ring (bicyclic) bond motifs is 3. The normalized spacial score (nSPS) is 24.4. The summed E-state index contributed by atoms with van der Waals surface area (Å²) in [4.78, 5) is 47.6. The molecule has 1 aliphatic carbocycles. The van der Waals surface area contributed by atoms with Crippen molar-refractivity contribution in [3.05, 3.63) is 76.2 Å². The van der Waals surface area contributed by atoms with E-state index in [0.717, 1.165) is 18.4 Å². The van der Waals surface area contributed by atoms with Gasteiger partial charge in [-0.3, -0.25) is 14.5 Å². The summed E-state index contributed by atoms with van der Waals surface area (Å²) in [7, 11) is 1.28. The number of esters is 1. The number of para-hydroxylation sites is 2. The van der Waals surface area contributed by atoms with Crippen molar-refractivity contribution in [1.29, 1.82) is 0 Å². The number of piperidine rings is 1. The van der Waals surface area contributed by atoms with Crippen LogP contribution >= 0.6 is 0 Å². The highest BCUT2D eigenvalue weighted by Crippen LogP contribution is 2.44. The predicted octanol–water partition coefficient (Wildman–Crippen LogP) is 5.32. The fourth-order valence-corrected chi connectivity index (χ4v) is 7.63. The molecule has 2 unspecified atom stereocenters. The van der Waals surface area contributed by atoms with Crippen LogP contribution in [-0.2, 0) is 9.53 Å². The van der Waals surface area contributed by atoms with E-state index in [9.17, 15) is 14.4 Å². The average molecular weight is 557 g/mol. The summed E-state index contributed by atoms with van der Waals surface area (Å²) in [5, 5.41) is 2.73. The highest BCUT2D eigenvalue weighted by molar-refractivity contribution is 5.96. The highest BCUT2D eigenvalue weighted by Gasteiger charge is 2.44. The molecule has 3 fully saturated rings. The van der Waals surface area contributed by atoms with E-state index >= 15 is 0 Å². The predicted molar refractivity (Wildman–Crippen MR) is 158 cm³/mol. The van der Waals surface area contributed by atoms with Gasteiger partial charge in [0.05, 0.1) is 18.1 Å². The Balaban J connectivity index is 1.31. The van der Waals surface area contributed by atoms with Gasteiger partial charge in [0.2, 0.25) is 0 Å². The Morgan fingerprint density at radius 3 is 2.15 bits per heavy atom. The van der Waals surface area contributed by atoms with E-state index in [2.05, 4.69) is 15.2 Å². The SMILES string of the molecule is COC(=O)C(NC(=O)c1nc2ccccc2n(C2C[C@H]3CC[C@@H](C2)N3C2CCCCCCC2)c1=O)c1ccccc1. The van der Waals surface area contributed by atoms with Gasteiger partial charge in [-0.05, 0) is 56.2 Å². The monoisotopic (exact) mass is 556 g/mol. The first-order valence-electron chi connectivity index (χ1n) is 15.3. The maximum absolute atomic E-state index is 14.1. The fraction of sp³-hybridized carbons (Fsp3) is 0.515. The van der Waals surface area contributed by atoms with Gasteiger partial charge in [0.1, 0.15) is 0 Å². The topological polar surface area (TPSA) is 93.5 Å². The smallest absolute Gasteiger partial charge is 0.333 e. The molecule has 41 heavy (non-hydrogen) atoms. The zero-order chi connectivity index (χ0) is 28.3. The van der Waals surface area contributed by atoms with Gasteiger partial charge in [0, 0.05) is 24.2 Å². The third-order valence-corrected chi connectivity index (χ3v) is 9.48. The molecule has 6 rings (SSSR count). The molecule has 0 spiro atoms. The molecule has 216 valence electrons. The Morgan fingerprint density at radius 2 is 1.46 bits per heavy atom. The maximum Gasteiger partial charge on any atom is 0.333 e. The third kappa shape index (κ3) is 5.54. The van der Waals surface area contributed by atoms with Crippen molar-refractivity contribution in [3.63, 3.8) is 0 Å². The van der Waals surface area contributed by atoms with Crippen LogP contribution < -0.4 is 10.9 Å². The molecule has 3 aliphatic rings. The summed E-state index contributed by atoms with van der Waals surface area (Å²) in [6.07, 6.45) is 13.4. The van der Waals surface area contributed by atoms with E-state index in [-0.39, 0.29) is 11.7 Å². The molecule has 2 bridgehead atoms. The number of hydrogen-bond donors (Lipinski definition) is 1. The van der Waals surface area contributed by atoms with Gasteiger partial charge >= 0.3 is 5.97 Å². The Bertz CT molecular complexity index is 1430. The van der Waals surface area contributed by atoms with E-state index in [1.165, 1.54) is 64.9 Å². The molecule has 8 nitrogen and oxygen atoms in total. The van der Waals surface area contributed by atoms with E-state index < -0.39 is 23.5 Å². The summed E-state index contributed by atoms with van der Waals surface area (Å²) in [5.74, 6) is -1.28. The lowest BCUT2D eigenvalue weighted by Crippen LogP contribution is -2.50. The van der Waals surface area contributed by atoms with Crippen LogP contribution in [0.25, 0.3) is 11.0 Å². The van der Waals surface area contributed by atoms with Gasteiger partial charge in [-0.25, -0.2) is 9.78 Å². The Hall–Kier alpha value is -3.52. The lowest BCUT2D eigenvalue weighted by Gasteiger charge is -2.45. The first-order chi connectivity index (χ1) is 20.0. The standard InChI is InChI=1S/C33H40N4O4/c1-41-33(40)29(22-12-6-5-7-13-22)35-31(38)30-32(39)37(28-17-11-10-16-27(28)34-30)26-20-24-18-19-25(21-26)36(24)23-14-8-3-2-4-9-15-23/h5-7,10-13,16-17,23-26,29H,2-4,8-9,14-15,18-21H2,1H3,(H,35,38)/t24-,25+,26?,29?. The first kappa shape index (κ1) is 27.6. The minimum absolute atomic E-state index is 0.00483. The van der Waals surface area contributed by atoms with E-state index in [4.69, 9.17) is 4.74 Å². The van der Waals surface area contributed by atoms with Crippen molar-refractivity contribution in [1.82, 2.24) is 19.8 Å². The molecule has 2 aliphatic heterocycles. The molecule has 3 aromatic rings. The quantitative estimate of drug-likeness (QED) is 0.413. The van der Waals surface area contributed by atoms with Gasteiger partial charge in [-0.15, -0.1) is 0 Å². The number of aromatic nitrogens is 2. The summed E-state index contributed by atoms with van der Waals surface area (Å²) < 4.78 is 6.79. The van der Waals surface area contributed by atoms with Crippen molar-refractivity contribution in [2.24, 2.45) is 0 Å². The number of benzene rings is 2. The largest absolute Gasteiger partial charge is 0.467 e. The summed E-state index contributed by atoms with van der Waals surface area (Å²) in [6.45, 7) is 0. The molecule has 1 saturated carbocycles. The number of carbonyl (C=O) groups excluding carboxylic acids is 2. The summed E-state index contributed by atoms with van der Waals surface area (Å²) in [5.41, 5.74) is 1.34. The van der Waals surface area contributed by atoms with Crippen LogP contribution in [-0.4, -0.2) is 51.6 Å². The highest BCUT2D eigenvalue weighted by atomic mass is 16.5. The minimum atomic E-state index is -1.04. The van der Waals surface area contributed by atoms with Crippen LogP contribution in [0.3, 0.4) is 0 Å². The summed E-state index contributed by atoms with van der Waals surface area (Å²) >= 11 is 0. The lowest BCUT2D eigenvalue weighted by atomic mass is 9.89. The van der Waals surface area contributed by atoms with Crippen LogP contribution in [0.5, 0.6) is 0 Å². The van der Waals surface area contributed by atoms with E-state index in [1.807, 2.05) is 34.9 Å². The molecule has 2 aromatic carbocycles. The molecule has 1 amide bonds. The zero-order valence-electron chi connectivity index (χ0n) is 23.8. The van der Waals surface area contributed by atoms with Crippen molar-refractivity contribution in [3.8, 4) is 0 Å². The number of ether oxygens (including phenoxy) is 1.